The summed E-state index contributed by atoms with van der Waals surface area (Å²) in [6, 6.07) is 12.1. The summed E-state index contributed by atoms with van der Waals surface area (Å²) in [5.74, 6) is -2.13. The van der Waals surface area contributed by atoms with Crippen molar-refractivity contribution >= 4 is 34.8 Å². The first kappa shape index (κ1) is 26.1. The highest BCUT2D eigenvalue weighted by molar-refractivity contribution is 7.13. The number of anilines is 1. The molecule has 0 saturated carbocycles. The zero-order valence-electron chi connectivity index (χ0n) is 21.3. The van der Waals surface area contributed by atoms with Crippen molar-refractivity contribution in [1.82, 2.24) is 4.98 Å². The Morgan fingerprint density at radius 3 is 2.46 bits per heavy atom. The van der Waals surface area contributed by atoms with E-state index in [4.69, 9.17) is 16.2 Å². The van der Waals surface area contributed by atoms with Gasteiger partial charge in [-0.2, -0.15) is 0 Å². The van der Waals surface area contributed by atoms with E-state index in [1.165, 1.54) is 12.1 Å². The van der Waals surface area contributed by atoms with Crippen LogP contribution in [0.25, 0.3) is 21.6 Å². The molecule has 9 nitrogen and oxygen atoms in total. The van der Waals surface area contributed by atoms with Crippen molar-refractivity contribution < 1.29 is 24.2 Å². The summed E-state index contributed by atoms with van der Waals surface area (Å²) < 4.78 is 6.05. The number of ether oxygens (including phenoxy) is 1. The number of carbonyl (C=O) groups is 3. The van der Waals surface area contributed by atoms with Crippen LogP contribution < -0.4 is 21.5 Å². The average Bonchev–Trinajstić information content (AvgIpc) is 3.31. The number of nitrogens with one attached hydrogen (secondary N) is 1. The maximum absolute atomic E-state index is 13.9. The summed E-state index contributed by atoms with van der Waals surface area (Å²) in [5.41, 5.74) is 16.4. The fourth-order valence-corrected chi connectivity index (χ4v) is 5.83. The van der Waals surface area contributed by atoms with Crippen LogP contribution in [0, 0.1) is 13.8 Å². The number of aromatic carboxylic acids is 1. The number of primary amides is 1. The monoisotopic (exact) mass is 542 g/mol. The molecule has 1 aliphatic rings. The van der Waals surface area contributed by atoms with E-state index >= 15 is 0 Å². The topological polar surface area (TPSA) is 158 Å². The molecule has 5 rings (SSSR count). The first-order chi connectivity index (χ1) is 18.7. The Balaban J connectivity index is 1.72. The van der Waals surface area contributed by atoms with Gasteiger partial charge in [0.15, 0.2) is 5.69 Å². The molecule has 4 aromatic rings. The number of hydrogen-bond acceptors (Lipinski definition) is 7. The smallest absolute Gasteiger partial charge is 0.355 e. The number of benzene rings is 2. The number of pyridine rings is 1. The quantitative estimate of drug-likeness (QED) is 0.278. The highest BCUT2D eigenvalue weighted by atomic mass is 32.1. The fraction of sp³-hybridized carbons (Fsp3) is 0.172. The number of amides is 2. The molecule has 3 heterocycles. The number of carboxylic acid groups (broad SMARTS) is 1. The molecule has 2 amide bonds. The van der Waals surface area contributed by atoms with Crippen LogP contribution in [0.15, 0.2) is 47.8 Å². The molecule has 198 valence electrons. The van der Waals surface area contributed by atoms with Gasteiger partial charge >= 0.3 is 5.97 Å². The Labute approximate surface area is 228 Å². The lowest BCUT2D eigenvalue weighted by atomic mass is 9.93. The van der Waals surface area contributed by atoms with Gasteiger partial charge in [0.05, 0.1) is 6.61 Å². The van der Waals surface area contributed by atoms with Crippen LogP contribution in [-0.2, 0) is 13.0 Å². The molecular formula is C29H26N4O5S. The van der Waals surface area contributed by atoms with Crippen LogP contribution in [0.1, 0.15) is 53.6 Å². The van der Waals surface area contributed by atoms with Crippen LogP contribution in [0.2, 0.25) is 0 Å². The third-order valence-electron chi connectivity index (χ3n) is 6.69. The van der Waals surface area contributed by atoms with Gasteiger partial charge in [0.1, 0.15) is 11.4 Å². The Morgan fingerprint density at radius 1 is 1.05 bits per heavy atom. The first-order valence-electron chi connectivity index (χ1n) is 12.2. The number of rotatable bonds is 6. The predicted octanol–water partition coefficient (Wildman–Crippen LogP) is 4.54. The maximum Gasteiger partial charge on any atom is 0.355 e. The molecule has 0 bridgehead atoms. The van der Waals surface area contributed by atoms with E-state index in [0.717, 1.165) is 32.7 Å². The van der Waals surface area contributed by atoms with E-state index in [9.17, 15) is 19.5 Å². The van der Waals surface area contributed by atoms with E-state index < -0.39 is 23.5 Å². The number of aryl methyl sites for hydroxylation is 2. The molecule has 39 heavy (non-hydrogen) atoms. The standard InChI is InChI=1S/C29H26N4O5S/c1-14-9-16(13-30)10-15(2)24(14)33-28(35)20-11-21-23(38-7-5-17-6-8-39-26(17)21)12-19(20)18-3-4-22(27(31)34)32-25(18)29(36)37/h3-4,6,8-12H,5,7,13,30H2,1-2H3,(H2,31,34)(H,33,35)(H,36,37). The molecule has 1 aliphatic heterocycles. The van der Waals surface area contributed by atoms with Crippen molar-refractivity contribution in [2.45, 2.75) is 26.8 Å². The number of fused-ring (bicyclic) bond motifs is 3. The second-order valence-corrected chi connectivity index (χ2v) is 10.2. The highest BCUT2D eigenvalue weighted by Gasteiger charge is 2.26. The van der Waals surface area contributed by atoms with Gasteiger partial charge in [-0.05, 0) is 71.8 Å². The normalized spacial score (nSPS) is 12.1. The Bertz CT molecular complexity index is 1640. The lowest BCUT2D eigenvalue weighted by Crippen LogP contribution is -2.18. The van der Waals surface area contributed by atoms with Crippen LogP contribution in [-0.4, -0.2) is 34.5 Å². The van der Waals surface area contributed by atoms with Gasteiger partial charge in [-0.25, -0.2) is 9.78 Å². The maximum atomic E-state index is 13.9. The van der Waals surface area contributed by atoms with Gasteiger partial charge in [0, 0.05) is 45.8 Å². The molecule has 2 aromatic heterocycles. The van der Waals surface area contributed by atoms with Crippen LogP contribution in [0.5, 0.6) is 5.75 Å². The molecule has 0 spiro atoms. The van der Waals surface area contributed by atoms with Gasteiger partial charge < -0.3 is 26.6 Å². The Morgan fingerprint density at radius 2 is 1.79 bits per heavy atom. The van der Waals surface area contributed by atoms with Crippen molar-refractivity contribution in [2.75, 3.05) is 11.9 Å². The summed E-state index contributed by atoms with van der Waals surface area (Å²) in [6.45, 7) is 4.58. The second-order valence-electron chi connectivity index (χ2n) is 9.29. The Kier molecular flexibility index (Phi) is 6.90. The molecule has 0 unspecified atom stereocenters. The third-order valence-corrected chi connectivity index (χ3v) is 7.68. The highest BCUT2D eigenvalue weighted by Crippen LogP contribution is 2.43. The summed E-state index contributed by atoms with van der Waals surface area (Å²) >= 11 is 1.55. The molecule has 0 fully saturated rings. The van der Waals surface area contributed by atoms with Crippen molar-refractivity contribution in [3.05, 3.63) is 87.0 Å². The molecule has 0 aliphatic carbocycles. The van der Waals surface area contributed by atoms with Crippen molar-refractivity contribution in [3.63, 3.8) is 0 Å². The average molecular weight is 543 g/mol. The number of carbonyl (C=O) groups excluding carboxylic acids is 2. The summed E-state index contributed by atoms with van der Waals surface area (Å²) in [7, 11) is 0. The zero-order valence-corrected chi connectivity index (χ0v) is 22.1. The number of nitrogens with two attached hydrogens (primary N) is 2. The van der Waals surface area contributed by atoms with Crippen molar-refractivity contribution in [1.29, 1.82) is 0 Å². The van der Waals surface area contributed by atoms with Gasteiger partial charge in [0.25, 0.3) is 11.8 Å². The van der Waals surface area contributed by atoms with Crippen LogP contribution in [0.3, 0.4) is 0 Å². The molecule has 10 heteroatoms. The predicted molar refractivity (Wildman–Crippen MR) is 149 cm³/mol. The van der Waals surface area contributed by atoms with E-state index in [1.54, 1.807) is 23.5 Å². The first-order valence-corrected chi connectivity index (χ1v) is 13.1. The van der Waals surface area contributed by atoms with Crippen molar-refractivity contribution in [3.8, 4) is 27.3 Å². The van der Waals surface area contributed by atoms with Gasteiger partial charge in [0.2, 0.25) is 0 Å². The largest absolute Gasteiger partial charge is 0.493 e. The van der Waals surface area contributed by atoms with E-state index in [1.807, 2.05) is 37.4 Å². The SMILES string of the molecule is Cc1cc(CN)cc(C)c1NC(=O)c1cc2c(cc1-c1ccc(C(N)=O)nc1C(=O)O)OCCc1ccsc1-2. The van der Waals surface area contributed by atoms with Crippen LogP contribution in [0.4, 0.5) is 5.69 Å². The molecule has 0 atom stereocenters. The molecule has 2 aromatic carbocycles. The minimum absolute atomic E-state index is 0.159. The summed E-state index contributed by atoms with van der Waals surface area (Å²) in [4.78, 5) is 42.8. The minimum atomic E-state index is -1.36. The van der Waals surface area contributed by atoms with E-state index in [2.05, 4.69) is 10.3 Å². The van der Waals surface area contributed by atoms with E-state index in [0.29, 0.717) is 36.6 Å². The molecule has 0 radical (unpaired) electrons. The lowest BCUT2D eigenvalue weighted by Gasteiger charge is -2.18. The summed E-state index contributed by atoms with van der Waals surface area (Å²) in [6.07, 6.45) is 0.700. The molecule has 0 saturated heterocycles. The number of thiophene rings is 1. The third kappa shape index (κ3) is 4.87. The minimum Gasteiger partial charge on any atom is -0.493 e. The van der Waals surface area contributed by atoms with Gasteiger partial charge in [-0.1, -0.05) is 12.1 Å². The van der Waals surface area contributed by atoms with Crippen molar-refractivity contribution in [2.24, 2.45) is 11.5 Å². The Hall–Kier alpha value is -4.54. The molecular weight excluding hydrogens is 516 g/mol. The van der Waals surface area contributed by atoms with Gasteiger partial charge in [-0.3, -0.25) is 9.59 Å². The fourth-order valence-electron chi connectivity index (χ4n) is 4.85. The number of carboxylic acids is 1. The van der Waals surface area contributed by atoms with Crippen LogP contribution >= 0.6 is 11.3 Å². The van der Waals surface area contributed by atoms with E-state index in [-0.39, 0.29) is 16.8 Å². The summed E-state index contributed by atoms with van der Waals surface area (Å²) in [5, 5.41) is 15.0. The van der Waals surface area contributed by atoms with Gasteiger partial charge in [-0.15, -0.1) is 11.3 Å². The lowest BCUT2D eigenvalue weighted by molar-refractivity contribution is 0.0691. The number of nitrogens with zero attached hydrogens (tertiary/aromatic N) is 1. The zero-order chi connectivity index (χ0) is 27.8. The number of hydrogen-bond donors (Lipinski definition) is 4. The second kappa shape index (κ2) is 10.3. The number of aromatic nitrogens is 1. The molecule has 6 N–H and O–H groups in total.